The minimum atomic E-state index is 0.849. The summed E-state index contributed by atoms with van der Waals surface area (Å²) in [5.41, 5.74) is 5.65. The third-order valence-corrected chi connectivity index (χ3v) is 4.51. The highest BCUT2D eigenvalue weighted by atomic mass is 15.3. The van der Waals surface area contributed by atoms with Crippen LogP contribution in [0.4, 0.5) is 17.1 Å². The third-order valence-electron chi connectivity index (χ3n) is 4.51. The Morgan fingerprint density at radius 3 is 2.36 bits per heavy atom. The van der Waals surface area contributed by atoms with Crippen molar-refractivity contribution in [3.63, 3.8) is 0 Å². The summed E-state index contributed by atoms with van der Waals surface area (Å²) in [6.45, 7) is 1.71. The molecule has 0 aliphatic carbocycles. The highest BCUT2D eigenvalue weighted by molar-refractivity contribution is 5.82. The van der Waals surface area contributed by atoms with Crippen LogP contribution in [-0.2, 0) is 6.54 Å². The lowest BCUT2D eigenvalue weighted by Crippen LogP contribution is -2.08. The first-order valence-corrected chi connectivity index (χ1v) is 9.46. The predicted molar refractivity (Wildman–Crippen MR) is 115 cm³/mol. The lowest BCUT2D eigenvalue weighted by molar-refractivity contribution is 0.590. The molecule has 3 aromatic carbocycles. The number of aromatic nitrogens is 3. The molecule has 0 aliphatic heterocycles. The Balaban J connectivity index is 1.51. The van der Waals surface area contributed by atoms with Gasteiger partial charge in [0.05, 0.1) is 0 Å². The summed E-state index contributed by atoms with van der Waals surface area (Å²) in [5, 5.41) is 11.2. The molecule has 140 valence electrons. The second-order valence-electron chi connectivity index (χ2n) is 6.56. The average Bonchev–Trinajstić information content (AvgIpc) is 3.27. The van der Waals surface area contributed by atoms with Gasteiger partial charge in [-0.1, -0.05) is 48.5 Å². The monoisotopic (exact) mass is 369 g/mol. The quantitative estimate of drug-likeness (QED) is 0.420. The average molecular weight is 369 g/mol. The minimum Gasteiger partial charge on any atom is -0.384 e. The standard InChI is InChI=1S/C23H23N5/c1-3-8-19(9-4-1)22-16-21(27-20-10-5-2-6-11-20)12-13-23(22)25-14-7-15-28-18-24-17-26-28/h1-6,8-13,16-18,25,27H,7,14-15H2. The summed E-state index contributed by atoms with van der Waals surface area (Å²) < 4.78 is 1.85. The van der Waals surface area contributed by atoms with Crippen LogP contribution in [0.25, 0.3) is 11.1 Å². The number of rotatable bonds is 8. The SMILES string of the molecule is c1ccc(Nc2ccc(NCCCn3cncn3)c(-c3ccccc3)c2)cc1. The van der Waals surface area contributed by atoms with Crippen LogP contribution >= 0.6 is 0 Å². The van der Waals surface area contributed by atoms with Crippen LogP contribution in [0.5, 0.6) is 0 Å². The zero-order valence-electron chi connectivity index (χ0n) is 15.6. The number of anilines is 3. The van der Waals surface area contributed by atoms with Gasteiger partial charge < -0.3 is 10.6 Å². The van der Waals surface area contributed by atoms with Crippen LogP contribution in [0.3, 0.4) is 0 Å². The molecular weight excluding hydrogens is 346 g/mol. The van der Waals surface area contributed by atoms with Crippen LogP contribution in [-0.4, -0.2) is 21.3 Å². The van der Waals surface area contributed by atoms with E-state index in [9.17, 15) is 0 Å². The Morgan fingerprint density at radius 2 is 1.61 bits per heavy atom. The van der Waals surface area contributed by atoms with Crippen molar-refractivity contribution in [2.75, 3.05) is 17.2 Å². The number of para-hydroxylation sites is 1. The summed E-state index contributed by atoms with van der Waals surface area (Å²) in [6, 6.07) is 27.1. The number of hydrogen-bond donors (Lipinski definition) is 2. The van der Waals surface area contributed by atoms with Crippen molar-refractivity contribution < 1.29 is 0 Å². The molecule has 0 fully saturated rings. The summed E-state index contributed by atoms with van der Waals surface area (Å²) in [6.07, 6.45) is 4.29. The lowest BCUT2D eigenvalue weighted by Gasteiger charge is -2.15. The maximum Gasteiger partial charge on any atom is 0.137 e. The Morgan fingerprint density at radius 1 is 0.821 bits per heavy atom. The maximum atomic E-state index is 4.15. The second-order valence-corrected chi connectivity index (χ2v) is 6.56. The van der Waals surface area contributed by atoms with Gasteiger partial charge in [0.1, 0.15) is 12.7 Å². The largest absolute Gasteiger partial charge is 0.384 e. The molecule has 0 aliphatic rings. The van der Waals surface area contributed by atoms with Gasteiger partial charge in [0.15, 0.2) is 0 Å². The van der Waals surface area contributed by atoms with Crippen molar-refractivity contribution in [1.29, 1.82) is 0 Å². The first-order valence-electron chi connectivity index (χ1n) is 9.46. The molecule has 0 unspecified atom stereocenters. The molecular formula is C23H23N5. The van der Waals surface area contributed by atoms with Crippen molar-refractivity contribution in [2.24, 2.45) is 0 Å². The lowest BCUT2D eigenvalue weighted by atomic mass is 10.0. The fraction of sp³-hybridized carbons (Fsp3) is 0.130. The predicted octanol–water partition coefficient (Wildman–Crippen LogP) is 5.19. The Bertz CT molecular complexity index is 982. The van der Waals surface area contributed by atoms with Gasteiger partial charge in [0, 0.05) is 35.7 Å². The Kier molecular flexibility index (Phi) is 5.63. The smallest absolute Gasteiger partial charge is 0.137 e. The minimum absolute atomic E-state index is 0.849. The van der Waals surface area contributed by atoms with E-state index in [0.29, 0.717) is 0 Å². The fourth-order valence-corrected chi connectivity index (χ4v) is 3.13. The molecule has 0 saturated carbocycles. The molecule has 4 aromatic rings. The van der Waals surface area contributed by atoms with Gasteiger partial charge in [-0.05, 0) is 42.3 Å². The van der Waals surface area contributed by atoms with Gasteiger partial charge in [-0.25, -0.2) is 4.98 Å². The number of hydrogen-bond acceptors (Lipinski definition) is 4. The van der Waals surface area contributed by atoms with Gasteiger partial charge in [-0.3, -0.25) is 4.68 Å². The van der Waals surface area contributed by atoms with E-state index in [1.54, 1.807) is 12.7 Å². The second kappa shape index (κ2) is 8.86. The van der Waals surface area contributed by atoms with Crippen molar-refractivity contribution in [3.8, 4) is 11.1 Å². The molecule has 5 nitrogen and oxygen atoms in total. The molecule has 2 N–H and O–H groups in total. The summed E-state index contributed by atoms with van der Waals surface area (Å²) >= 11 is 0. The van der Waals surface area contributed by atoms with Crippen LogP contribution in [0, 0.1) is 0 Å². The molecule has 0 saturated heterocycles. The van der Waals surface area contributed by atoms with Crippen molar-refractivity contribution >= 4 is 17.1 Å². The van der Waals surface area contributed by atoms with E-state index in [4.69, 9.17) is 0 Å². The third kappa shape index (κ3) is 4.57. The van der Waals surface area contributed by atoms with E-state index >= 15 is 0 Å². The number of nitrogens with zero attached hydrogens (tertiary/aromatic N) is 3. The van der Waals surface area contributed by atoms with Crippen LogP contribution in [0.15, 0.2) is 91.5 Å². The molecule has 1 aromatic heterocycles. The van der Waals surface area contributed by atoms with Gasteiger partial charge in [0.25, 0.3) is 0 Å². The highest BCUT2D eigenvalue weighted by Crippen LogP contribution is 2.32. The normalized spacial score (nSPS) is 10.6. The molecule has 5 heteroatoms. The van der Waals surface area contributed by atoms with Crippen molar-refractivity contribution in [3.05, 3.63) is 91.5 Å². The number of nitrogens with one attached hydrogen (secondary N) is 2. The molecule has 28 heavy (non-hydrogen) atoms. The number of benzene rings is 3. The first-order chi connectivity index (χ1) is 13.9. The summed E-state index contributed by atoms with van der Waals surface area (Å²) in [5.74, 6) is 0. The van der Waals surface area contributed by atoms with Crippen LogP contribution in [0.1, 0.15) is 6.42 Å². The molecule has 0 amide bonds. The van der Waals surface area contributed by atoms with Crippen LogP contribution in [0.2, 0.25) is 0 Å². The Labute approximate surface area is 165 Å². The molecule has 1 heterocycles. The summed E-state index contributed by atoms with van der Waals surface area (Å²) in [4.78, 5) is 3.98. The van der Waals surface area contributed by atoms with E-state index < -0.39 is 0 Å². The maximum absolute atomic E-state index is 4.15. The first kappa shape index (κ1) is 17.8. The van der Waals surface area contributed by atoms with Crippen molar-refractivity contribution in [2.45, 2.75) is 13.0 Å². The van der Waals surface area contributed by atoms with E-state index in [1.807, 2.05) is 28.9 Å². The number of aryl methyl sites for hydroxylation is 1. The van der Waals surface area contributed by atoms with Crippen molar-refractivity contribution in [1.82, 2.24) is 14.8 Å². The zero-order chi connectivity index (χ0) is 19.0. The van der Waals surface area contributed by atoms with Gasteiger partial charge >= 0.3 is 0 Å². The van der Waals surface area contributed by atoms with E-state index in [0.717, 1.165) is 36.6 Å². The fourth-order valence-electron chi connectivity index (χ4n) is 3.13. The molecule has 0 radical (unpaired) electrons. The highest BCUT2D eigenvalue weighted by Gasteiger charge is 2.07. The molecule has 0 bridgehead atoms. The Hall–Kier alpha value is -3.60. The van der Waals surface area contributed by atoms with Gasteiger partial charge in [-0.2, -0.15) is 5.10 Å². The van der Waals surface area contributed by atoms with E-state index in [1.165, 1.54) is 11.1 Å². The van der Waals surface area contributed by atoms with E-state index in [2.05, 4.69) is 75.3 Å². The van der Waals surface area contributed by atoms with Gasteiger partial charge in [0.2, 0.25) is 0 Å². The van der Waals surface area contributed by atoms with Gasteiger partial charge in [-0.15, -0.1) is 0 Å². The van der Waals surface area contributed by atoms with Crippen LogP contribution < -0.4 is 10.6 Å². The zero-order valence-corrected chi connectivity index (χ0v) is 15.6. The molecule has 4 rings (SSSR count). The summed E-state index contributed by atoms with van der Waals surface area (Å²) in [7, 11) is 0. The topological polar surface area (TPSA) is 54.8 Å². The molecule has 0 spiro atoms. The van der Waals surface area contributed by atoms with E-state index in [-0.39, 0.29) is 0 Å². The molecule has 0 atom stereocenters.